The van der Waals surface area contributed by atoms with Crippen molar-refractivity contribution in [3.05, 3.63) is 76.6 Å². The van der Waals surface area contributed by atoms with Gasteiger partial charge in [0.1, 0.15) is 5.15 Å². The van der Waals surface area contributed by atoms with Crippen LogP contribution in [0, 0.1) is 19.8 Å². The first-order valence-corrected chi connectivity index (χ1v) is 12.8. The van der Waals surface area contributed by atoms with Crippen molar-refractivity contribution in [1.29, 1.82) is 0 Å². The van der Waals surface area contributed by atoms with Crippen LogP contribution in [-0.2, 0) is 16.6 Å². The summed E-state index contributed by atoms with van der Waals surface area (Å²) >= 11 is 6.70. The Hall–Kier alpha value is -2.19. The molecule has 170 valence electrons. The summed E-state index contributed by atoms with van der Waals surface area (Å²) in [7, 11) is -3.50. The molecule has 1 aromatic heterocycles. The van der Waals surface area contributed by atoms with Crippen molar-refractivity contribution in [2.75, 3.05) is 19.6 Å². The number of sulfonamides is 1. The van der Waals surface area contributed by atoms with Gasteiger partial charge in [0.05, 0.1) is 16.3 Å². The molecule has 8 heteroatoms. The zero-order valence-electron chi connectivity index (χ0n) is 18.5. The fraction of sp³-hybridized carbons (Fsp3) is 0.375. The molecule has 0 amide bonds. The van der Waals surface area contributed by atoms with Gasteiger partial charge in [-0.25, -0.2) is 17.8 Å². The van der Waals surface area contributed by atoms with E-state index in [1.54, 1.807) is 16.8 Å². The summed E-state index contributed by atoms with van der Waals surface area (Å²) in [5.74, 6) is 0.257. The average molecular weight is 473 g/mol. The monoisotopic (exact) mass is 472 g/mol. The van der Waals surface area contributed by atoms with Crippen LogP contribution < -0.4 is 4.72 Å². The van der Waals surface area contributed by atoms with Crippen LogP contribution in [0.2, 0.25) is 5.15 Å². The first-order chi connectivity index (χ1) is 15.3. The highest BCUT2D eigenvalue weighted by atomic mass is 35.5. The third-order valence-corrected chi connectivity index (χ3v) is 7.83. The van der Waals surface area contributed by atoms with E-state index in [4.69, 9.17) is 11.6 Å². The predicted molar refractivity (Wildman–Crippen MR) is 128 cm³/mol. The first-order valence-electron chi connectivity index (χ1n) is 10.9. The highest BCUT2D eigenvalue weighted by molar-refractivity contribution is 7.89. The molecule has 32 heavy (non-hydrogen) atoms. The molecule has 2 aromatic carbocycles. The number of benzene rings is 2. The van der Waals surface area contributed by atoms with Crippen molar-refractivity contribution in [3.63, 3.8) is 0 Å². The minimum absolute atomic E-state index is 0.257. The van der Waals surface area contributed by atoms with Gasteiger partial charge in [0.25, 0.3) is 0 Å². The molecule has 6 nitrogen and oxygen atoms in total. The van der Waals surface area contributed by atoms with Gasteiger partial charge in [0, 0.05) is 25.2 Å². The summed E-state index contributed by atoms with van der Waals surface area (Å²) in [6, 6.07) is 16.8. The van der Waals surface area contributed by atoms with Crippen molar-refractivity contribution >= 4 is 21.6 Å². The van der Waals surface area contributed by atoms with Gasteiger partial charge in [-0.15, -0.1) is 0 Å². The van der Waals surface area contributed by atoms with Gasteiger partial charge >= 0.3 is 0 Å². The first kappa shape index (κ1) is 23.0. The largest absolute Gasteiger partial charge is 0.299 e. The van der Waals surface area contributed by atoms with Crippen LogP contribution in [0.15, 0.2) is 59.5 Å². The normalized spacial score (nSPS) is 17.5. The molecule has 2 heterocycles. The maximum atomic E-state index is 12.6. The Balaban J connectivity index is 1.40. The minimum Gasteiger partial charge on any atom is -0.299 e. The number of piperidine rings is 1. The van der Waals surface area contributed by atoms with E-state index < -0.39 is 10.0 Å². The van der Waals surface area contributed by atoms with Crippen molar-refractivity contribution < 1.29 is 8.42 Å². The quantitative estimate of drug-likeness (QED) is 0.555. The molecule has 1 atom stereocenters. The number of hydrogen-bond acceptors (Lipinski definition) is 4. The van der Waals surface area contributed by atoms with Gasteiger partial charge in [0.15, 0.2) is 0 Å². The summed E-state index contributed by atoms with van der Waals surface area (Å²) in [5, 5.41) is 5.27. The van der Waals surface area contributed by atoms with Gasteiger partial charge in [-0.3, -0.25) is 4.90 Å². The third-order valence-electron chi connectivity index (χ3n) is 6.00. The van der Waals surface area contributed by atoms with E-state index >= 15 is 0 Å². The Morgan fingerprint density at radius 1 is 1.09 bits per heavy atom. The fourth-order valence-electron chi connectivity index (χ4n) is 4.16. The summed E-state index contributed by atoms with van der Waals surface area (Å²) in [4.78, 5) is 2.66. The molecule has 1 N–H and O–H groups in total. The van der Waals surface area contributed by atoms with Gasteiger partial charge in [-0.1, -0.05) is 47.5 Å². The fourth-order valence-corrected chi connectivity index (χ4v) is 5.61. The predicted octanol–water partition coefficient (Wildman–Crippen LogP) is 4.33. The number of rotatable bonds is 7. The topological polar surface area (TPSA) is 67.2 Å². The lowest BCUT2D eigenvalue weighted by molar-refractivity contribution is 0.168. The van der Waals surface area contributed by atoms with Crippen LogP contribution in [-0.4, -0.2) is 42.7 Å². The van der Waals surface area contributed by atoms with E-state index in [1.807, 2.05) is 56.3 Å². The molecule has 1 unspecified atom stereocenters. The number of halogens is 1. The number of nitrogens with one attached hydrogen (secondary N) is 1. The van der Waals surface area contributed by atoms with Gasteiger partial charge in [-0.05, 0) is 63.4 Å². The molecular weight excluding hydrogens is 444 g/mol. The van der Waals surface area contributed by atoms with Crippen LogP contribution >= 0.6 is 11.6 Å². The number of aryl methyl sites for hydroxylation is 2. The summed E-state index contributed by atoms with van der Waals surface area (Å²) in [5.41, 5.74) is 3.92. The third kappa shape index (κ3) is 5.23. The summed E-state index contributed by atoms with van der Waals surface area (Å²) < 4.78 is 29.8. The zero-order chi connectivity index (χ0) is 22.7. The Kier molecular flexibility index (Phi) is 7.00. The highest BCUT2D eigenvalue weighted by Gasteiger charge is 2.25. The Morgan fingerprint density at radius 3 is 2.53 bits per heavy atom. The molecule has 3 aromatic rings. The maximum absolute atomic E-state index is 12.6. The van der Waals surface area contributed by atoms with Crippen molar-refractivity contribution in [3.8, 4) is 5.69 Å². The maximum Gasteiger partial charge on any atom is 0.240 e. The second kappa shape index (κ2) is 9.75. The standard InChI is InChI=1S/C24H29ClN4O2S/c1-18-10-12-22(13-11-18)32(30,31)26-15-20-7-6-14-28(16-20)17-23-19(2)27-29(24(23)25)21-8-4-3-5-9-21/h3-5,8-13,20,26H,6-7,14-17H2,1-2H3. The molecular formula is C24H29ClN4O2S. The van der Waals surface area contributed by atoms with E-state index in [0.717, 1.165) is 48.4 Å². The van der Waals surface area contributed by atoms with Crippen LogP contribution in [0.5, 0.6) is 0 Å². The molecule has 4 rings (SSSR count). The van der Waals surface area contributed by atoms with Crippen LogP contribution in [0.1, 0.15) is 29.7 Å². The zero-order valence-corrected chi connectivity index (χ0v) is 20.0. The molecule has 1 aliphatic heterocycles. The van der Waals surface area contributed by atoms with E-state index in [-0.39, 0.29) is 5.92 Å². The highest BCUT2D eigenvalue weighted by Crippen LogP contribution is 2.27. The summed E-state index contributed by atoms with van der Waals surface area (Å²) in [6.45, 7) is 6.85. The summed E-state index contributed by atoms with van der Waals surface area (Å²) in [6.07, 6.45) is 2.03. The average Bonchev–Trinajstić information content (AvgIpc) is 3.07. The Bertz CT molecular complexity index is 1160. The molecule has 1 fully saturated rings. The van der Waals surface area contributed by atoms with Crippen LogP contribution in [0.25, 0.3) is 5.69 Å². The lowest BCUT2D eigenvalue weighted by Gasteiger charge is -2.32. The van der Waals surface area contributed by atoms with E-state index in [1.165, 1.54) is 0 Å². The lowest BCUT2D eigenvalue weighted by atomic mass is 9.98. The van der Waals surface area contributed by atoms with E-state index in [0.29, 0.717) is 23.1 Å². The second-order valence-corrected chi connectivity index (χ2v) is 10.6. The molecule has 1 aliphatic rings. The van der Waals surface area contributed by atoms with E-state index in [9.17, 15) is 8.42 Å². The number of aromatic nitrogens is 2. The number of nitrogens with zero attached hydrogens (tertiary/aromatic N) is 3. The van der Waals surface area contributed by atoms with Gasteiger partial charge < -0.3 is 0 Å². The smallest absolute Gasteiger partial charge is 0.240 e. The lowest BCUT2D eigenvalue weighted by Crippen LogP contribution is -2.40. The van der Waals surface area contributed by atoms with Crippen molar-refractivity contribution in [1.82, 2.24) is 19.4 Å². The SMILES string of the molecule is Cc1ccc(S(=O)(=O)NCC2CCCN(Cc3c(C)nn(-c4ccccc4)c3Cl)C2)cc1. The van der Waals surface area contributed by atoms with Crippen LogP contribution in [0.3, 0.4) is 0 Å². The number of hydrogen-bond donors (Lipinski definition) is 1. The molecule has 0 bridgehead atoms. The molecule has 0 spiro atoms. The molecule has 0 saturated carbocycles. The molecule has 0 radical (unpaired) electrons. The molecule has 0 aliphatic carbocycles. The Labute approximate surface area is 195 Å². The second-order valence-electron chi connectivity index (χ2n) is 8.51. The minimum atomic E-state index is -3.50. The van der Waals surface area contributed by atoms with E-state index in [2.05, 4.69) is 14.7 Å². The van der Waals surface area contributed by atoms with Gasteiger partial charge in [-0.2, -0.15) is 5.10 Å². The van der Waals surface area contributed by atoms with Crippen molar-refractivity contribution in [2.24, 2.45) is 5.92 Å². The number of likely N-dealkylation sites (tertiary alicyclic amines) is 1. The van der Waals surface area contributed by atoms with Gasteiger partial charge in [0.2, 0.25) is 10.0 Å². The number of para-hydroxylation sites is 1. The Morgan fingerprint density at radius 2 is 1.81 bits per heavy atom. The van der Waals surface area contributed by atoms with Crippen molar-refractivity contribution in [2.45, 2.75) is 38.1 Å². The van der Waals surface area contributed by atoms with Crippen LogP contribution in [0.4, 0.5) is 0 Å². The molecule has 1 saturated heterocycles.